The molecule has 5 aliphatic rings. The number of hydrogen-bond donors (Lipinski definition) is 2. The van der Waals surface area contributed by atoms with Crippen LogP contribution in [0.15, 0.2) is 48.5 Å². The first-order valence-electron chi connectivity index (χ1n) is 13.6. The summed E-state index contributed by atoms with van der Waals surface area (Å²) in [5, 5.41) is 6.37. The normalized spacial score (nSPS) is 29.1. The van der Waals surface area contributed by atoms with E-state index in [1.165, 1.54) is 25.7 Å². The van der Waals surface area contributed by atoms with Gasteiger partial charge in [0.1, 0.15) is 0 Å². The highest BCUT2D eigenvalue weighted by molar-refractivity contribution is 6.02. The summed E-state index contributed by atoms with van der Waals surface area (Å²) in [5.41, 5.74) is 3.26. The molecule has 184 valence electrons. The number of anilines is 2. The van der Waals surface area contributed by atoms with Crippen molar-refractivity contribution < 1.29 is 9.59 Å². The van der Waals surface area contributed by atoms with Crippen LogP contribution < -0.4 is 15.5 Å². The molecule has 5 nitrogen and oxygen atoms in total. The van der Waals surface area contributed by atoms with Gasteiger partial charge in [-0.3, -0.25) is 9.59 Å². The Kier molecular flexibility index (Phi) is 6.03. The maximum Gasteiger partial charge on any atom is 0.253 e. The van der Waals surface area contributed by atoms with E-state index in [1.54, 1.807) is 0 Å². The quantitative estimate of drug-likeness (QED) is 0.563. The van der Waals surface area contributed by atoms with Crippen LogP contribution in [0.25, 0.3) is 0 Å². The number of nitrogens with one attached hydrogen (secondary N) is 2. The van der Waals surface area contributed by atoms with E-state index in [1.807, 2.05) is 48.5 Å². The average molecular weight is 472 g/mol. The van der Waals surface area contributed by atoms with Gasteiger partial charge in [0.15, 0.2) is 0 Å². The summed E-state index contributed by atoms with van der Waals surface area (Å²) < 4.78 is 0. The minimum atomic E-state index is -0.198. The third-order valence-electron chi connectivity index (χ3n) is 9.01. The highest BCUT2D eigenvalue weighted by Crippen LogP contribution is 2.60. The molecule has 2 aromatic carbocycles. The Morgan fingerprint density at radius 3 is 2.17 bits per heavy atom. The molecule has 2 N–H and O–H groups in total. The second-order valence-corrected chi connectivity index (χ2v) is 11.6. The van der Waals surface area contributed by atoms with E-state index in [4.69, 9.17) is 0 Å². The number of piperidine rings is 1. The van der Waals surface area contributed by atoms with E-state index in [2.05, 4.69) is 15.5 Å². The lowest BCUT2D eigenvalue weighted by Crippen LogP contribution is -2.51. The van der Waals surface area contributed by atoms with E-state index < -0.39 is 0 Å². The van der Waals surface area contributed by atoms with Gasteiger partial charge in [0.05, 0.1) is 11.0 Å². The second kappa shape index (κ2) is 9.33. The van der Waals surface area contributed by atoms with E-state index in [0.29, 0.717) is 12.1 Å². The highest BCUT2D eigenvalue weighted by Gasteiger charge is 2.54. The van der Waals surface area contributed by atoms with Crippen LogP contribution in [0, 0.1) is 23.2 Å². The highest BCUT2D eigenvalue weighted by atomic mass is 16.2. The van der Waals surface area contributed by atoms with Crippen molar-refractivity contribution in [1.82, 2.24) is 5.32 Å². The SMILES string of the molecule is O=C(NCc1ccccc1)c1cc(NC(=O)C23CC4CC(CC(C4)C2)C3)ccc1N1CCCCC1. The summed E-state index contributed by atoms with van der Waals surface area (Å²) in [6.45, 7) is 2.43. The zero-order valence-corrected chi connectivity index (χ0v) is 20.6. The smallest absolute Gasteiger partial charge is 0.253 e. The lowest BCUT2D eigenvalue weighted by molar-refractivity contribution is -0.140. The van der Waals surface area contributed by atoms with E-state index in [0.717, 1.165) is 79.9 Å². The molecule has 0 atom stereocenters. The lowest BCUT2D eigenvalue weighted by Gasteiger charge is -2.55. The largest absolute Gasteiger partial charge is 0.371 e. The van der Waals surface area contributed by atoms with Crippen LogP contribution in [0.2, 0.25) is 0 Å². The molecule has 4 saturated carbocycles. The second-order valence-electron chi connectivity index (χ2n) is 11.6. The molecule has 0 unspecified atom stereocenters. The number of hydrogen-bond acceptors (Lipinski definition) is 3. The Morgan fingerprint density at radius 2 is 1.51 bits per heavy atom. The first-order valence-corrected chi connectivity index (χ1v) is 13.6. The Balaban J connectivity index is 1.23. The van der Waals surface area contributed by atoms with Crippen molar-refractivity contribution in [2.75, 3.05) is 23.3 Å². The van der Waals surface area contributed by atoms with Gasteiger partial charge in [-0.25, -0.2) is 0 Å². The van der Waals surface area contributed by atoms with Gasteiger partial charge in [0, 0.05) is 31.0 Å². The molecule has 0 spiro atoms. The van der Waals surface area contributed by atoms with Gasteiger partial charge < -0.3 is 15.5 Å². The monoisotopic (exact) mass is 471 g/mol. The van der Waals surface area contributed by atoms with Crippen LogP contribution in [0.5, 0.6) is 0 Å². The van der Waals surface area contributed by atoms with Gasteiger partial charge in [-0.05, 0) is 99.3 Å². The molecule has 1 saturated heterocycles. The minimum Gasteiger partial charge on any atom is -0.371 e. The van der Waals surface area contributed by atoms with Gasteiger partial charge >= 0.3 is 0 Å². The summed E-state index contributed by atoms with van der Waals surface area (Å²) >= 11 is 0. The molecule has 2 amide bonds. The zero-order chi connectivity index (χ0) is 23.8. The molecule has 1 heterocycles. The maximum atomic E-state index is 13.6. The van der Waals surface area contributed by atoms with Gasteiger partial charge in [-0.2, -0.15) is 0 Å². The number of carbonyl (C=O) groups excluding carboxylic acids is 2. The number of benzene rings is 2. The van der Waals surface area contributed by atoms with Gasteiger partial charge in [0.25, 0.3) is 5.91 Å². The molecule has 4 aliphatic carbocycles. The molecule has 1 aliphatic heterocycles. The summed E-state index contributed by atoms with van der Waals surface area (Å²) in [6.07, 6.45) is 10.6. The van der Waals surface area contributed by atoms with Crippen molar-refractivity contribution in [3.8, 4) is 0 Å². The Bertz CT molecular complexity index is 1050. The summed E-state index contributed by atoms with van der Waals surface area (Å²) in [5.74, 6) is 2.28. The van der Waals surface area contributed by atoms with E-state index in [-0.39, 0.29) is 17.2 Å². The number of rotatable bonds is 6. The predicted octanol–water partition coefficient (Wildman–Crippen LogP) is 5.76. The fourth-order valence-corrected chi connectivity index (χ4v) is 7.73. The molecule has 0 radical (unpaired) electrons. The molecule has 5 heteroatoms. The summed E-state index contributed by atoms with van der Waals surface area (Å²) in [6, 6.07) is 15.9. The molecule has 35 heavy (non-hydrogen) atoms. The van der Waals surface area contributed by atoms with Crippen molar-refractivity contribution in [3.05, 3.63) is 59.7 Å². The first-order chi connectivity index (χ1) is 17.1. The Labute approximate surface area is 208 Å². The maximum absolute atomic E-state index is 13.6. The van der Waals surface area contributed by atoms with Gasteiger partial charge in [0.2, 0.25) is 5.91 Å². The van der Waals surface area contributed by atoms with Crippen molar-refractivity contribution in [3.63, 3.8) is 0 Å². The van der Waals surface area contributed by atoms with Crippen LogP contribution >= 0.6 is 0 Å². The van der Waals surface area contributed by atoms with Crippen LogP contribution in [0.1, 0.15) is 73.7 Å². The zero-order valence-electron chi connectivity index (χ0n) is 20.6. The predicted molar refractivity (Wildman–Crippen MR) is 139 cm³/mol. The topological polar surface area (TPSA) is 61.4 Å². The molecule has 2 aromatic rings. The molecule has 4 bridgehead atoms. The van der Waals surface area contributed by atoms with Crippen molar-refractivity contribution in [2.24, 2.45) is 23.2 Å². The Morgan fingerprint density at radius 1 is 0.857 bits per heavy atom. The van der Waals surface area contributed by atoms with E-state index >= 15 is 0 Å². The fourth-order valence-electron chi connectivity index (χ4n) is 7.73. The van der Waals surface area contributed by atoms with Crippen molar-refractivity contribution in [2.45, 2.75) is 64.3 Å². The van der Waals surface area contributed by atoms with Crippen LogP contribution in [-0.2, 0) is 11.3 Å². The lowest BCUT2D eigenvalue weighted by atomic mass is 9.49. The standard InChI is InChI=1S/C30H37N3O2/c34-28(31-20-21-7-3-1-4-8-21)26-16-25(9-10-27(26)33-11-5-2-6-12-33)32-29(35)30-17-22-13-23(18-30)15-24(14-22)19-30/h1,3-4,7-10,16,22-24H,2,5-6,11-15,17-20H2,(H,31,34)(H,32,35). The summed E-state index contributed by atoms with van der Waals surface area (Å²) in [7, 11) is 0. The van der Waals surface area contributed by atoms with Crippen LogP contribution in [-0.4, -0.2) is 24.9 Å². The number of nitrogens with zero attached hydrogens (tertiary/aromatic N) is 1. The molecule has 0 aromatic heterocycles. The van der Waals surface area contributed by atoms with E-state index in [9.17, 15) is 9.59 Å². The third-order valence-corrected chi connectivity index (χ3v) is 9.01. The van der Waals surface area contributed by atoms with Crippen molar-refractivity contribution >= 4 is 23.2 Å². The number of amides is 2. The Hall–Kier alpha value is -2.82. The molecule has 5 fully saturated rings. The fraction of sp³-hybridized carbons (Fsp3) is 0.533. The van der Waals surface area contributed by atoms with Gasteiger partial charge in [-0.1, -0.05) is 30.3 Å². The molecular weight excluding hydrogens is 434 g/mol. The first kappa shape index (κ1) is 22.6. The third kappa shape index (κ3) is 4.57. The summed E-state index contributed by atoms with van der Waals surface area (Å²) in [4.78, 5) is 29.3. The minimum absolute atomic E-state index is 0.0830. The average Bonchev–Trinajstić information content (AvgIpc) is 2.87. The number of carbonyl (C=O) groups is 2. The van der Waals surface area contributed by atoms with Crippen molar-refractivity contribution in [1.29, 1.82) is 0 Å². The molecular formula is C30H37N3O2. The van der Waals surface area contributed by atoms with Crippen LogP contribution in [0.4, 0.5) is 11.4 Å². The molecule has 7 rings (SSSR count). The van der Waals surface area contributed by atoms with Crippen LogP contribution in [0.3, 0.4) is 0 Å². The van der Waals surface area contributed by atoms with Gasteiger partial charge in [-0.15, -0.1) is 0 Å².